The number of alkyl halides is 4. The maximum atomic E-state index is 13.4. The van der Waals surface area contributed by atoms with Crippen molar-refractivity contribution >= 4 is 22.0 Å². The number of rotatable bonds is 3. The van der Waals surface area contributed by atoms with Crippen LogP contribution in [-0.4, -0.2) is 26.8 Å². The Morgan fingerprint density at radius 2 is 1.75 bits per heavy atom. The van der Waals surface area contributed by atoms with Gasteiger partial charge in [0.1, 0.15) is 0 Å². The van der Waals surface area contributed by atoms with Crippen LogP contribution in [0.3, 0.4) is 0 Å². The molecule has 0 spiro atoms. The summed E-state index contributed by atoms with van der Waals surface area (Å²) in [6.45, 7) is 0. The van der Waals surface area contributed by atoms with Gasteiger partial charge < -0.3 is 0 Å². The predicted octanol–water partition coefficient (Wildman–Crippen LogP) is 2.47. The van der Waals surface area contributed by atoms with Crippen molar-refractivity contribution in [3.05, 3.63) is 30.3 Å². The third-order valence-electron chi connectivity index (χ3n) is 2.60. The van der Waals surface area contributed by atoms with Gasteiger partial charge in [-0.3, -0.25) is 0 Å². The summed E-state index contributed by atoms with van der Waals surface area (Å²) in [4.78, 5) is 0.901. The Bertz CT molecular complexity index is 401. The summed E-state index contributed by atoms with van der Waals surface area (Å²) in [6.07, 6.45) is 0. The van der Waals surface area contributed by atoms with Gasteiger partial charge in [0, 0.05) is 0 Å². The van der Waals surface area contributed by atoms with Crippen LogP contribution in [0.1, 0.15) is 0 Å². The molecule has 1 rings (SSSR count). The fourth-order valence-corrected chi connectivity index (χ4v) is 7.07. The number of hydrogen-bond acceptors (Lipinski definition) is 1. The van der Waals surface area contributed by atoms with E-state index in [1.807, 2.05) is 0 Å². The molecule has 0 aliphatic heterocycles. The van der Waals surface area contributed by atoms with Crippen LogP contribution in [0.5, 0.6) is 0 Å². The summed E-state index contributed by atoms with van der Waals surface area (Å²) < 4.78 is 45.5. The summed E-state index contributed by atoms with van der Waals surface area (Å²) in [5.41, 5.74) is 0. The van der Waals surface area contributed by atoms with E-state index in [0.29, 0.717) is 0 Å². The van der Waals surface area contributed by atoms with Crippen molar-refractivity contribution in [2.45, 2.75) is 13.3 Å². The van der Waals surface area contributed by atoms with Gasteiger partial charge in [-0.2, -0.15) is 0 Å². The van der Waals surface area contributed by atoms with Crippen molar-refractivity contribution in [2.75, 3.05) is 0 Å². The molecule has 0 fully saturated rings. The normalized spacial score (nSPS) is 15.6. The van der Waals surface area contributed by atoms with Gasteiger partial charge in [0.2, 0.25) is 0 Å². The molecule has 0 saturated carbocycles. The molecule has 6 heteroatoms. The fourth-order valence-electron chi connectivity index (χ4n) is 1.34. The number of nitrogens with zero attached hydrogens (tertiary/aromatic N) is 1. The molecule has 0 saturated heterocycles. The molecular formula is C10H9F4NSn. The standard InChI is InChI=1S/C6H5.C2F2N.CHF2.CH3.Sn/c1-2-4-6-5-3-1;3-2(4)1-5;2-1-3;;/h1-5H;;1H;1H3;. The predicted molar refractivity (Wildman–Crippen MR) is 54.3 cm³/mol. The number of nitriles is 1. The zero-order valence-electron chi connectivity index (χ0n) is 8.42. The van der Waals surface area contributed by atoms with Crippen LogP contribution in [0.2, 0.25) is 4.94 Å². The van der Waals surface area contributed by atoms with Crippen molar-refractivity contribution in [3.63, 3.8) is 0 Å². The number of benzene rings is 1. The first-order valence-corrected chi connectivity index (χ1v) is 11.8. The maximum absolute atomic E-state index is 13.4. The fraction of sp³-hybridized carbons (Fsp3) is 0.300. The Labute approximate surface area is 94.6 Å². The first-order chi connectivity index (χ1) is 7.36. The van der Waals surface area contributed by atoms with Crippen LogP contribution < -0.4 is 3.58 Å². The second kappa shape index (κ2) is 4.61. The molecule has 1 atom stereocenters. The van der Waals surface area contributed by atoms with Crippen molar-refractivity contribution < 1.29 is 17.6 Å². The third-order valence-corrected chi connectivity index (χ3v) is 13.5. The van der Waals surface area contributed by atoms with Crippen molar-refractivity contribution in [1.29, 1.82) is 5.26 Å². The minimum absolute atomic E-state index is 0.0432. The van der Waals surface area contributed by atoms with Crippen LogP contribution in [0.25, 0.3) is 0 Å². The van der Waals surface area contributed by atoms with E-state index >= 15 is 0 Å². The van der Waals surface area contributed by atoms with Gasteiger partial charge in [-0.1, -0.05) is 0 Å². The van der Waals surface area contributed by atoms with E-state index in [4.69, 9.17) is 5.26 Å². The summed E-state index contributed by atoms with van der Waals surface area (Å²) >= 11 is -5.31. The molecule has 1 aromatic carbocycles. The molecule has 0 aliphatic carbocycles. The first-order valence-electron chi connectivity index (χ1n) is 4.49. The zero-order chi connectivity index (χ0) is 12.4. The second-order valence-corrected chi connectivity index (χ2v) is 15.1. The van der Waals surface area contributed by atoms with Gasteiger partial charge in [0.25, 0.3) is 0 Å². The summed E-state index contributed by atoms with van der Waals surface area (Å²) in [6, 6.07) is 7.68. The average Bonchev–Trinajstić information content (AvgIpc) is 2.28. The molecule has 0 amide bonds. The Hall–Kier alpha value is -0.771. The quantitative estimate of drug-likeness (QED) is 0.614. The molecule has 0 N–H and O–H groups in total. The third kappa shape index (κ3) is 2.03. The van der Waals surface area contributed by atoms with Gasteiger partial charge >= 0.3 is 94.5 Å². The van der Waals surface area contributed by atoms with Gasteiger partial charge in [-0.15, -0.1) is 0 Å². The monoisotopic (exact) mass is 339 g/mol. The van der Waals surface area contributed by atoms with Gasteiger partial charge in [-0.05, 0) is 0 Å². The Balaban J connectivity index is 3.36. The van der Waals surface area contributed by atoms with E-state index in [2.05, 4.69) is 0 Å². The van der Waals surface area contributed by atoms with Gasteiger partial charge in [-0.25, -0.2) is 0 Å². The number of hydrogen-bond donors (Lipinski definition) is 0. The summed E-state index contributed by atoms with van der Waals surface area (Å²) in [7, 11) is 0. The molecular weight excluding hydrogens is 329 g/mol. The van der Waals surface area contributed by atoms with E-state index < -0.39 is 26.8 Å². The molecule has 0 aromatic heterocycles. The topological polar surface area (TPSA) is 23.8 Å². The van der Waals surface area contributed by atoms with Gasteiger partial charge in [0.05, 0.1) is 0 Å². The molecule has 86 valence electrons. The van der Waals surface area contributed by atoms with Crippen LogP contribution in [-0.2, 0) is 0 Å². The Morgan fingerprint density at radius 3 is 2.12 bits per heavy atom. The van der Waals surface area contributed by atoms with Crippen LogP contribution >= 0.6 is 0 Å². The molecule has 0 bridgehead atoms. The average molecular weight is 338 g/mol. The van der Waals surface area contributed by atoms with Gasteiger partial charge in [0.15, 0.2) is 0 Å². The Kier molecular flexibility index (Phi) is 3.83. The van der Waals surface area contributed by atoms with E-state index in [1.165, 1.54) is 24.3 Å². The van der Waals surface area contributed by atoms with E-state index in [1.54, 1.807) is 6.07 Å². The van der Waals surface area contributed by atoms with Crippen LogP contribution in [0.4, 0.5) is 17.6 Å². The van der Waals surface area contributed by atoms with E-state index in [9.17, 15) is 17.6 Å². The summed E-state index contributed by atoms with van der Waals surface area (Å²) in [5.74, 6) is 0. The molecule has 0 heterocycles. The van der Waals surface area contributed by atoms with Crippen molar-refractivity contribution in [2.24, 2.45) is 0 Å². The number of halogens is 4. The Morgan fingerprint density at radius 1 is 1.25 bits per heavy atom. The van der Waals surface area contributed by atoms with E-state index in [-0.39, 0.29) is 3.58 Å². The van der Waals surface area contributed by atoms with Crippen molar-refractivity contribution in [3.8, 4) is 6.07 Å². The molecule has 1 nitrogen and oxygen atoms in total. The molecule has 0 radical (unpaired) electrons. The van der Waals surface area contributed by atoms with Crippen LogP contribution in [0.15, 0.2) is 30.3 Å². The SMILES string of the molecule is [CH3][Sn]([c]1ccccc1)([CH](F)F)[C](F)(F)C#N. The second-order valence-electron chi connectivity index (χ2n) is 3.56. The zero-order valence-corrected chi connectivity index (χ0v) is 11.3. The summed E-state index contributed by atoms with van der Waals surface area (Å²) in [5, 5.41) is 8.36. The molecule has 1 unspecified atom stereocenters. The minimum atomic E-state index is -5.31. The van der Waals surface area contributed by atoms with Crippen LogP contribution in [0, 0.1) is 11.3 Å². The molecule has 0 aliphatic rings. The van der Waals surface area contributed by atoms with E-state index in [0.717, 1.165) is 11.0 Å². The molecule has 16 heavy (non-hydrogen) atoms. The molecule has 1 aromatic rings. The first kappa shape index (κ1) is 13.3. The van der Waals surface area contributed by atoms with Crippen molar-refractivity contribution in [1.82, 2.24) is 0 Å².